The highest BCUT2D eigenvalue weighted by atomic mass is 32.2. The Balaban J connectivity index is 2.19. The third-order valence-electron chi connectivity index (χ3n) is 4.68. The highest BCUT2D eigenvalue weighted by molar-refractivity contribution is 7.88. The summed E-state index contributed by atoms with van der Waals surface area (Å²) < 4.78 is 107. The number of pyridine rings is 1. The molecule has 3 rings (SSSR count). The van der Waals surface area contributed by atoms with Crippen LogP contribution in [0.3, 0.4) is 0 Å². The molecule has 0 aliphatic carbocycles. The second-order valence-electron chi connectivity index (χ2n) is 6.81. The molecule has 0 unspecified atom stereocenters. The topological polar surface area (TPSA) is 100 Å². The quantitative estimate of drug-likeness (QED) is 0.388. The summed E-state index contributed by atoms with van der Waals surface area (Å²) in [6.07, 6.45) is -6.42. The van der Waals surface area contributed by atoms with Crippen molar-refractivity contribution in [3.8, 4) is 17.0 Å². The first-order chi connectivity index (χ1) is 15.2. The van der Waals surface area contributed by atoms with Crippen LogP contribution in [0.2, 0.25) is 0 Å². The highest BCUT2D eigenvalue weighted by Gasteiger charge is 2.50. The predicted octanol–water partition coefficient (Wildman–Crippen LogP) is 3.80. The summed E-state index contributed by atoms with van der Waals surface area (Å²) in [4.78, 5) is 16.4. The summed E-state index contributed by atoms with van der Waals surface area (Å²) in [7, 11) is -6.34. The molecule has 1 amide bonds. The number of aromatic nitrogens is 1. The molecule has 15 heteroatoms. The Labute approximate surface area is 183 Å². The van der Waals surface area contributed by atoms with E-state index in [2.05, 4.69) is 9.17 Å². The van der Waals surface area contributed by atoms with Gasteiger partial charge >= 0.3 is 27.9 Å². The molecule has 1 saturated heterocycles. The minimum Gasteiger partial charge on any atom is -0.465 e. The van der Waals surface area contributed by atoms with E-state index in [0.29, 0.717) is 0 Å². The van der Waals surface area contributed by atoms with Gasteiger partial charge in [-0.3, -0.25) is 0 Å². The van der Waals surface area contributed by atoms with Gasteiger partial charge in [0.15, 0.2) is 5.69 Å². The molecule has 33 heavy (non-hydrogen) atoms. The third-order valence-corrected chi connectivity index (χ3v) is 5.63. The zero-order chi connectivity index (χ0) is 24.6. The predicted molar refractivity (Wildman–Crippen MR) is 102 cm³/mol. The molecule has 1 fully saturated rings. The summed E-state index contributed by atoms with van der Waals surface area (Å²) in [6.45, 7) is -0.586. The SMILES string of the molecule is O=C(O)N1CCN(c2cc(-c3ccccc3)c(C(F)(F)F)nc2OS(=O)(=O)C(F)(F)F)CC1. The van der Waals surface area contributed by atoms with Gasteiger partial charge in [0.25, 0.3) is 5.88 Å². The smallest absolute Gasteiger partial charge is 0.465 e. The largest absolute Gasteiger partial charge is 0.534 e. The fourth-order valence-electron chi connectivity index (χ4n) is 3.12. The van der Waals surface area contributed by atoms with Crippen LogP contribution >= 0.6 is 0 Å². The molecule has 0 atom stereocenters. The molecule has 2 heterocycles. The molecule has 0 bridgehead atoms. The Morgan fingerprint density at radius 3 is 2.06 bits per heavy atom. The number of nitrogens with zero attached hydrogens (tertiary/aromatic N) is 3. The average Bonchev–Trinajstić information content (AvgIpc) is 2.72. The van der Waals surface area contributed by atoms with Crippen LogP contribution in [0.25, 0.3) is 11.1 Å². The van der Waals surface area contributed by atoms with Crippen LogP contribution in [0.1, 0.15) is 5.69 Å². The second kappa shape index (κ2) is 8.61. The first-order valence-corrected chi connectivity index (χ1v) is 10.5. The van der Waals surface area contributed by atoms with Gasteiger partial charge in [0.05, 0.1) is 0 Å². The molecule has 1 N–H and O–H groups in total. The van der Waals surface area contributed by atoms with Crippen molar-refractivity contribution in [2.24, 2.45) is 0 Å². The van der Waals surface area contributed by atoms with Gasteiger partial charge in [0.2, 0.25) is 0 Å². The molecular formula is C18H15F6N3O5S. The van der Waals surface area contributed by atoms with Gasteiger partial charge in [-0.1, -0.05) is 30.3 Å². The first-order valence-electron chi connectivity index (χ1n) is 9.12. The lowest BCUT2D eigenvalue weighted by Gasteiger charge is -2.35. The normalized spacial score (nSPS) is 15.5. The number of piperazine rings is 1. The monoisotopic (exact) mass is 499 g/mol. The molecule has 1 aromatic heterocycles. The summed E-state index contributed by atoms with van der Waals surface area (Å²) in [6, 6.07) is 7.85. The first kappa shape index (κ1) is 24.4. The van der Waals surface area contributed by atoms with Gasteiger partial charge in [0, 0.05) is 31.7 Å². The Kier molecular flexibility index (Phi) is 6.37. The molecule has 1 aromatic carbocycles. The molecule has 1 aliphatic rings. The standard InChI is InChI=1S/C18H15F6N3O5S/c19-17(20,21)14-12(11-4-2-1-3-5-11)10-13(26-6-8-27(9-7-26)16(28)29)15(25-14)32-33(30,31)18(22,23)24/h1-5,10H,6-9H2,(H,28,29). The summed E-state index contributed by atoms with van der Waals surface area (Å²) in [5.74, 6) is -1.41. The van der Waals surface area contributed by atoms with E-state index < -0.39 is 50.7 Å². The van der Waals surface area contributed by atoms with E-state index in [-0.39, 0.29) is 31.7 Å². The van der Waals surface area contributed by atoms with E-state index in [1.807, 2.05) is 0 Å². The lowest BCUT2D eigenvalue weighted by molar-refractivity contribution is -0.140. The van der Waals surface area contributed by atoms with Gasteiger partial charge in [-0.25, -0.2) is 9.78 Å². The van der Waals surface area contributed by atoms with Crippen LogP contribution in [0, 0.1) is 0 Å². The van der Waals surface area contributed by atoms with Crippen molar-refractivity contribution < 1.29 is 48.8 Å². The fourth-order valence-corrected chi connectivity index (χ4v) is 3.54. The fraction of sp³-hybridized carbons (Fsp3) is 0.333. The van der Waals surface area contributed by atoms with E-state index in [1.165, 1.54) is 35.2 Å². The average molecular weight is 499 g/mol. The zero-order valence-electron chi connectivity index (χ0n) is 16.4. The van der Waals surface area contributed by atoms with E-state index >= 15 is 0 Å². The van der Waals surface area contributed by atoms with E-state index in [1.54, 1.807) is 0 Å². The molecule has 8 nitrogen and oxygen atoms in total. The molecule has 180 valence electrons. The highest BCUT2D eigenvalue weighted by Crippen LogP contribution is 2.42. The van der Waals surface area contributed by atoms with Gasteiger partial charge in [-0.2, -0.15) is 34.8 Å². The summed E-state index contributed by atoms with van der Waals surface area (Å²) in [5, 5.41) is 9.05. The molecule has 2 aromatic rings. The maximum absolute atomic E-state index is 13.7. The van der Waals surface area contributed by atoms with Crippen molar-refractivity contribution in [2.45, 2.75) is 11.7 Å². The zero-order valence-corrected chi connectivity index (χ0v) is 17.2. The lowest BCUT2D eigenvalue weighted by atomic mass is 10.0. The maximum atomic E-state index is 13.7. The Morgan fingerprint density at radius 1 is 1.00 bits per heavy atom. The molecular weight excluding hydrogens is 484 g/mol. The summed E-state index contributed by atoms with van der Waals surface area (Å²) >= 11 is 0. The van der Waals surface area contributed by atoms with Gasteiger partial charge in [-0.05, 0) is 11.6 Å². The summed E-state index contributed by atoms with van der Waals surface area (Å²) in [5.41, 5.74) is -8.51. The second-order valence-corrected chi connectivity index (χ2v) is 8.35. The van der Waals surface area contributed by atoms with Crippen molar-refractivity contribution in [2.75, 3.05) is 31.1 Å². The van der Waals surface area contributed by atoms with Crippen LogP contribution in [0.15, 0.2) is 36.4 Å². The van der Waals surface area contributed by atoms with Crippen LogP contribution in [-0.4, -0.2) is 61.2 Å². The van der Waals surface area contributed by atoms with Crippen molar-refractivity contribution in [3.63, 3.8) is 0 Å². The van der Waals surface area contributed by atoms with Crippen LogP contribution in [0.4, 0.5) is 36.8 Å². The number of alkyl halides is 6. The number of halogens is 6. The number of carboxylic acid groups (broad SMARTS) is 1. The van der Waals surface area contributed by atoms with Crippen molar-refractivity contribution >= 4 is 21.9 Å². The molecule has 0 radical (unpaired) electrons. The third kappa shape index (κ3) is 5.23. The van der Waals surface area contributed by atoms with Gasteiger partial charge in [0.1, 0.15) is 5.69 Å². The van der Waals surface area contributed by atoms with Crippen molar-refractivity contribution in [3.05, 3.63) is 42.1 Å². The molecule has 0 spiro atoms. The van der Waals surface area contributed by atoms with E-state index in [4.69, 9.17) is 5.11 Å². The minimum atomic E-state index is -6.34. The van der Waals surface area contributed by atoms with E-state index in [0.717, 1.165) is 11.0 Å². The number of rotatable bonds is 4. The van der Waals surface area contributed by atoms with Crippen LogP contribution < -0.4 is 9.08 Å². The molecule has 1 aliphatic heterocycles. The number of amides is 1. The van der Waals surface area contributed by atoms with Crippen molar-refractivity contribution in [1.82, 2.24) is 9.88 Å². The minimum absolute atomic E-state index is 0.0213. The Morgan fingerprint density at radius 2 is 1.58 bits per heavy atom. The maximum Gasteiger partial charge on any atom is 0.534 e. The van der Waals surface area contributed by atoms with Gasteiger partial charge < -0.3 is 19.1 Å². The number of hydrogen-bond acceptors (Lipinski definition) is 6. The van der Waals surface area contributed by atoms with E-state index in [9.17, 15) is 39.6 Å². The Hall–Kier alpha value is -3.23. The number of carbonyl (C=O) groups is 1. The molecule has 0 saturated carbocycles. The van der Waals surface area contributed by atoms with Gasteiger partial charge in [-0.15, -0.1) is 0 Å². The van der Waals surface area contributed by atoms with Crippen LogP contribution in [0.5, 0.6) is 5.88 Å². The number of anilines is 1. The number of hydrogen-bond donors (Lipinski definition) is 1. The number of benzene rings is 1. The van der Waals surface area contributed by atoms with Crippen LogP contribution in [-0.2, 0) is 16.3 Å². The Bertz CT molecular complexity index is 1130. The lowest BCUT2D eigenvalue weighted by Crippen LogP contribution is -2.48. The van der Waals surface area contributed by atoms with Crippen molar-refractivity contribution in [1.29, 1.82) is 0 Å².